The second kappa shape index (κ2) is 5.93. The summed E-state index contributed by atoms with van der Waals surface area (Å²) in [6.07, 6.45) is 0. The molecule has 3 nitrogen and oxygen atoms in total. The number of aryl methyl sites for hydroxylation is 2. The Bertz CT molecular complexity index is 424. The quantitative estimate of drug-likeness (QED) is 0.905. The number of anilines is 1. The zero-order valence-electron chi connectivity index (χ0n) is 12.8. The monoisotopic (exact) mass is 262 g/mol. The summed E-state index contributed by atoms with van der Waals surface area (Å²) in [5.41, 5.74) is 6.91. The van der Waals surface area contributed by atoms with Crippen LogP contribution in [0.5, 0.6) is 0 Å². The van der Waals surface area contributed by atoms with Gasteiger partial charge in [0.2, 0.25) is 0 Å². The van der Waals surface area contributed by atoms with Gasteiger partial charge in [0.15, 0.2) is 0 Å². The van der Waals surface area contributed by atoms with Crippen molar-refractivity contribution in [1.82, 2.24) is 5.32 Å². The highest BCUT2D eigenvalue weighted by Crippen LogP contribution is 2.29. The van der Waals surface area contributed by atoms with Crippen LogP contribution in [0.1, 0.15) is 22.3 Å². The van der Waals surface area contributed by atoms with Crippen LogP contribution in [0, 0.1) is 27.7 Å². The lowest BCUT2D eigenvalue weighted by molar-refractivity contribution is 0.0791. The number of nitrogens with zero attached hydrogens (tertiary/aromatic N) is 1. The first-order valence-electron chi connectivity index (χ1n) is 7.10. The molecule has 0 spiro atoms. The average Bonchev–Trinajstić information content (AvgIpc) is 2.38. The highest BCUT2D eigenvalue weighted by molar-refractivity contribution is 5.63. The Hall–Kier alpha value is -1.06. The highest BCUT2D eigenvalue weighted by atomic mass is 16.5. The molecule has 1 fully saturated rings. The number of morpholine rings is 1. The molecule has 106 valence electrons. The zero-order valence-corrected chi connectivity index (χ0v) is 12.8. The summed E-state index contributed by atoms with van der Waals surface area (Å²) in [5, 5.41) is 3.52. The number of hydrogen-bond acceptors (Lipinski definition) is 3. The van der Waals surface area contributed by atoms with Crippen LogP contribution >= 0.6 is 0 Å². The summed E-state index contributed by atoms with van der Waals surface area (Å²) >= 11 is 0. The van der Waals surface area contributed by atoms with Crippen LogP contribution in [-0.2, 0) is 4.74 Å². The van der Waals surface area contributed by atoms with Crippen LogP contribution in [0.15, 0.2) is 6.07 Å². The van der Waals surface area contributed by atoms with E-state index in [4.69, 9.17) is 4.74 Å². The molecule has 1 heterocycles. The number of ether oxygens (including phenoxy) is 1. The van der Waals surface area contributed by atoms with Gasteiger partial charge < -0.3 is 15.0 Å². The average molecular weight is 262 g/mol. The lowest BCUT2D eigenvalue weighted by Gasteiger charge is -2.32. The molecule has 19 heavy (non-hydrogen) atoms. The summed E-state index contributed by atoms with van der Waals surface area (Å²) in [4.78, 5) is 2.37. The van der Waals surface area contributed by atoms with Crippen molar-refractivity contribution < 1.29 is 4.74 Å². The van der Waals surface area contributed by atoms with E-state index in [-0.39, 0.29) is 0 Å². The minimum atomic E-state index is 0.429. The lowest BCUT2D eigenvalue weighted by atomic mass is 9.97. The molecule has 1 aromatic carbocycles. The van der Waals surface area contributed by atoms with Crippen LogP contribution < -0.4 is 10.2 Å². The van der Waals surface area contributed by atoms with Crippen molar-refractivity contribution in [1.29, 1.82) is 0 Å². The molecule has 1 saturated heterocycles. The third kappa shape index (κ3) is 3.10. The van der Waals surface area contributed by atoms with Gasteiger partial charge in [0.05, 0.1) is 13.2 Å². The fourth-order valence-electron chi connectivity index (χ4n) is 2.93. The molecule has 1 aliphatic rings. The predicted octanol–water partition coefficient (Wildman–Crippen LogP) is 2.34. The molecule has 1 aromatic rings. The predicted molar refractivity (Wildman–Crippen MR) is 81.3 cm³/mol. The molecule has 1 atom stereocenters. The third-order valence-electron chi connectivity index (χ3n) is 4.20. The largest absolute Gasteiger partial charge is 0.378 e. The number of nitrogens with one attached hydrogen (secondary N) is 1. The standard InChI is InChI=1S/C16H26N2O/c1-11-8-12(2)14(4)16(13(11)3)18(5)9-15-10-19-7-6-17-15/h8,15,17H,6-7,9-10H2,1-5H3. The molecule has 3 heteroatoms. The highest BCUT2D eigenvalue weighted by Gasteiger charge is 2.18. The Morgan fingerprint density at radius 2 is 1.84 bits per heavy atom. The maximum absolute atomic E-state index is 5.54. The van der Waals surface area contributed by atoms with E-state index in [0.29, 0.717) is 6.04 Å². The number of benzene rings is 1. The van der Waals surface area contributed by atoms with Gasteiger partial charge in [-0.3, -0.25) is 0 Å². The van der Waals surface area contributed by atoms with Gasteiger partial charge >= 0.3 is 0 Å². The van der Waals surface area contributed by atoms with Crippen molar-refractivity contribution in [2.45, 2.75) is 33.7 Å². The molecule has 1 aliphatic heterocycles. The zero-order chi connectivity index (χ0) is 14.0. The fraction of sp³-hybridized carbons (Fsp3) is 0.625. The summed E-state index contributed by atoms with van der Waals surface area (Å²) in [6.45, 7) is 12.4. The van der Waals surface area contributed by atoms with Crippen molar-refractivity contribution in [3.63, 3.8) is 0 Å². The second-order valence-corrected chi connectivity index (χ2v) is 5.72. The smallest absolute Gasteiger partial charge is 0.0637 e. The van der Waals surface area contributed by atoms with Gasteiger partial charge in [-0.15, -0.1) is 0 Å². The van der Waals surface area contributed by atoms with Crippen molar-refractivity contribution in [2.24, 2.45) is 0 Å². The SMILES string of the molecule is Cc1cc(C)c(C)c(N(C)CC2COCCN2)c1C. The summed E-state index contributed by atoms with van der Waals surface area (Å²) in [5.74, 6) is 0. The molecular formula is C16H26N2O. The van der Waals surface area contributed by atoms with Crippen LogP contribution in [0.4, 0.5) is 5.69 Å². The van der Waals surface area contributed by atoms with Gasteiger partial charge in [0, 0.05) is 31.9 Å². The van der Waals surface area contributed by atoms with E-state index in [1.165, 1.54) is 27.9 Å². The third-order valence-corrected chi connectivity index (χ3v) is 4.20. The van der Waals surface area contributed by atoms with Crippen molar-refractivity contribution in [2.75, 3.05) is 38.3 Å². The molecule has 0 aromatic heterocycles. The minimum absolute atomic E-state index is 0.429. The summed E-state index contributed by atoms with van der Waals surface area (Å²) in [6, 6.07) is 2.71. The Kier molecular flexibility index (Phi) is 4.48. The first kappa shape index (κ1) is 14.4. The van der Waals surface area contributed by atoms with Crippen molar-refractivity contribution >= 4 is 5.69 Å². The van der Waals surface area contributed by atoms with Gasteiger partial charge in [0.1, 0.15) is 0 Å². The first-order chi connectivity index (χ1) is 9.00. The Morgan fingerprint density at radius 3 is 2.37 bits per heavy atom. The van der Waals surface area contributed by atoms with E-state index >= 15 is 0 Å². The molecule has 0 bridgehead atoms. The van der Waals surface area contributed by atoms with Crippen molar-refractivity contribution in [3.8, 4) is 0 Å². The second-order valence-electron chi connectivity index (χ2n) is 5.72. The van der Waals surface area contributed by atoms with Crippen LogP contribution in [0.3, 0.4) is 0 Å². The Balaban J connectivity index is 2.20. The van der Waals surface area contributed by atoms with E-state index in [0.717, 1.165) is 26.3 Å². The molecule has 1 N–H and O–H groups in total. The van der Waals surface area contributed by atoms with Crippen LogP contribution in [0.2, 0.25) is 0 Å². The van der Waals surface area contributed by atoms with Gasteiger partial charge in [-0.05, 0) is 49.9 Å². The summed E-state index contributed by atoms with van der Waals surface area (Å²) < 4.78 is 5.54. The molecule has 0 aliphatic carbocycles. The maximum Gasteiger partial charge on any atom is 0.0637 e. The molecular weight excluding hydrogens is 236 g/mol. The minimum Gasteiger partial charge on any atom is -0.378 e. The first-order valence-corrected chi connectivity index (χ1v) is 7.10. The molecule has 0 radical (unpaired) electrons. The molecule has 2 rings (SSSR count). The normalized spacial score (nSPS) is 19.5. The van der Waals surface area contributed by atoms with Crippen LogP contribution in [-0.4, -0.2) is 39.4 Å². The van der Waals surface area contributed by atoms with E-state index in [1.54, 1.807) is 0 Å². The topological polar surface area (TPSA) is 24.5 Å². The van der Waals surface area contributed by atoms with Crippen molar-refractivity contribution in [3.05, 3.63) is 28.3 Å². The fourth-order valence-corrected chi connectivity index (χ4v) is 2.93. The lowest BCUT2D eigenvalue weighted by Crippen LogP contribution is -2.47. The maximum atomic E-state index is 5.54. The van der Waals surface area contributed by atoms with Gasteiger partial charge in [-0.2, -0.15) is 0 Å². The molecule has 0 amide bonds. The summed E-state index contributed by atoms with van der Waals surface area (Å²) in [7, 11) is 2.19. The van der Waals surface area contributed by atoms with Gasteiger partial charge in [-0.25, -0.2) is 0 Å². The van der Waals surface area contributed by atoms with E-state index < -0.39 is 0 Å². The Morgan fingerprint density at radius 1 is 1.21 bits per heavy atom. The number of rotatable bonds is 3. The van der Waals surface area contributed by atoms with Gasteiger partial charge in [-0.1, -0.05) is 6.07 Å². The van der Waals surface area contributed by atoms with E-state index in [2.05, 4.69) is 51.0 Å². The van der Waals surface area contributed by atoms with E-state index in [9.17, 15) is 0 Å². The van der Waals surface area contributed by atoms with E-state index in [1.807, 2.05) is 0 Å². The number of likely N-dealkylation sites (N-methyl/N-ethyl adjacent to an activating group) is 1. The Labute approximate surface area is 116 Å². The molecule has 0 saturated carbocycles. The van der Waals surface area contributed by atoms with Gasteiger partial charge in [0.25, 0.3) is 0 Å². The number of hydrogen-bond donors (Lipinski definition) is 1. The van der Waals surface area contributed by atoms with Crippen LogP contribution in [0.25, 0.3) is 0 Å². The molecule has 1 unspecified atom stereocenters.